The van der Waals surface area contributed by atoms with E-state index in [1.807, 2.05) is 25.1 Å². The minimum absolute atomic E-state index is 0.0147. The second-order valence-electron chi connectivity index (χ2n) is 4.44. The molecule has 106 valence electrons. The summed E-state index contributed by atoms with van der Waals surface area (Å²) in [7, 11) is -3.76. The van der Waals surface area contributed by atoms with Crippen molar-refractivity contribution in [3.8, 4) is 0 Å². The van der Waals surface area contributed by atoms with E-state index in [0.717, 1.165) is 15.7 Å². The Morgan fingerprint density at radius 3 is 2.45 bits per heavy atom. The molecule has 5 nitrogen and oxygen atoms in total. The molecule has 0 aliphatic heterocycles. The third-order valence-corrected chi connectivity index (χ3v) is 4.04. The zero-order chi connectivity index (χ0) is 14.9. The number of nitrogen functional groups attached to an aromatic ring is 1. The van der Waals surface area contributed by atoms with Crippen LogP contribution in [-0.4, -0.2) is 8.42 Å². The Labute approximate surface area is 126 Å². The highest BCUT2D eigenvalue weighted by molar-refractivity contribution is 9.10. The number of benzene rings is 2. The molecule has 0 heterocycles. The fourth-order valence-corrected chi connectivity index (χ4v) is 2.93. The molecule has 0 amide bonds. The summed E-state index contributed by atoms with van der Waals surface area (Å²) < 4.78 is 23.6. The standard InChI is InChI=1S/C13H14BrN3O2S/c1-8-4-9(14)6-10(5-8)17-13-7-11(20(16,18)19)2-3-12(13)15/h2-7,17H,15H2,1H3,(H2,16,18,19). The van der Waals surface area contributed by atoms with E-state index < -0.39 is 10.0 Å². The molecule has 0 spiro atoms. The topological polar surface area (TPSA) is 98.2 Å². The second kappa shape index (κ2) is 5.43. The van der Waals surface area contributed by atoms with Crippen LogP contribution in [0.1, 0.15) is 5.56 Å². The Morgan fingerprint density at radius 1 is 1.15 bits per heavy atom. The van der Waals surface area contributed by atoms with Gasteiger partial charge in [0.15, 0.2) is 0 Å². The molecule has 20 heavy (non-hydrogen) atoms. The van der Waals surface area contributed by atoms with Gasteiger partial charge in [0.1, 0.15) is 0 Å². The molecule has 0 aliphatic carbocycles. The van der Waals surface area contributed by atoms with Gasteiger partial charge in [-0.3, -0.25) is 0 Å². The first-order valence-electron chi connectivity index (χ1n) is 5.72. The molecule has 0 bridgehead atoms. The van der Waals surface area contributed by atoms with Gasteiger partial charge in [0.2, 0.25) is 10.0 Å². The predicted molar refractivity (Wildman–Crippen MR) is 84.4 cm³/mol. The number of anilines is 3. The molecule has 0 saturated carbocycles. The van der Waals surface area contributed by atoms with Gasteiger partial charge in [-0.25, -0.2) is 13.6 Å². The van der Waals surface area contributed by atoms with E-state index in [1.54, 1.807) is 0 Å². The third kappa shape index (κ3) is 3.50. The number of primary sulfonamides is 1. The lowest BCUT2D eigenvalue weighted by molar-refractivity contribution is 0.598. The van der Waals surface area contributed by atoms with E-state index in [2.05, 4.69) is 21.2 Å². The van der Waals surface area contributed by atoms with Gasteiger partial charge in [0.05, 0.1) is 16.3 Å². The van der Waals surface area contributed by atoms with Gasteiger partial charge in [0.25, 0.3) is 0 Å². The second-order valence-corrected chi connectivity index (χ2v) is 6.91. The minimum Gasteiger partial charge on any atom is -0.397 e. The largest absolute Gasteiger partial charge is 0.397 e. The lowest BCUT2D eigenvalue weighted by atomic mass is 10.2. The van der Waals surface area contributed by atoms with Crippen molar-refractivity contribution in [2.24, 2.45) is 5.14 Å². The molecule has 5 N–H and O–H groups in total. The van der Waals surface area contributed by atoms with E-state index in [0.29, 0.717) is 11.4 Å². The molecule has 0 saturated heterocycles. The maximum Gasteiger partial charge on any atom is 0.238 e. The van der Waals surface area contributed by atoms with Crippen molar-refractivity contribution in [3.05, 3.63) is 46.4 Å². The molecule has 2 rings (SSSR count). The zero-order valence-electron chi connectivity index (χ0n) is 10.7. The quantitative estimate of drug-likeness (QED) is 0.737. The van der Waals surface area contributed by atoms with E-state index in [-0.39, 0.29) is 4.90 Å². The molecule has 0 aliphatic rings. The molecule has 0 unspecified atom stereocenters. The predicted octanol–water partition coefficient (Wildman–Crippen LogP) is 2.73. The van der Waals surface area contributed by atoms with Crippen LogP contribution in [0.2, 0.25) is 0 Å². The smallest absolute Gasteiger partial charge is 0.238 e. The number of hydrogen-bond donors (Lipinski definition) is 3. The number of sulfonamides is 1. The van der Waals surface area contributed by atoms with Crippen LogP contribution in [0.25, 0.3) is 0 Å². The van der Waals surface area contributed by atoms with Crippen LogP contribution in [0.15, 0.2) is 45.8 Å². The van der Waals surface area contributed by atoms with Crippen LogP contribution >= 0.6 is 15.9 Å². The van der Waals surface area contributed by atoms with Gasteiger partial charge < -0.3 is 11.1 Å². The fourth-order valence-electron chi connectivity index (χ4n) is 1.78. The number of aryl methyl sites for hydroxylation is 1. The third-order valence-electron chi connectivity index (χ3n) is 2.67. The van der Waals surface area contributed by atoms with E-state index >= 15 is 0 Å². The summed E-state index contributed by atoms with van der Waals surface area (Å²) in [6.45, 7) is 1.96. The summed E-state index contributed by atoms with van der Waals surface area (Å²) in [5, 5.41) is 8.20. The van der Waals surface area contributed by atoms with Gasteiger partial charge in [0, 0.05) is 10.2 Å². The number of hydrogen-bond acceptors (Lipinski definition) is 4. The lowest BCUT2D eigenvalue weighted by Crippen LogP contribution is -2.12. The highest BCUT2D eigenvalue weighted by Crippen LogP contribution is 2.28. The Kier molecular flexibility index (Phi) is 4.03. The van der Waals surface area contributed by atoms with Crippen LogP contribution < -0.4 is 16.2 Å². The molecule has 2 aromatic rings. The van der Waals surface area contributed by atoms with Gasteiger partial charge in [-0.05, 0) is 48.9 Å². The van der Waals surface area contributed by atoms with Crippen LogP contribution in [0.5, 0.6) is 0 Å². The van der Waals surface area contributed by atoms with Crippen LogP contribution in [0.4, 0.5) is 17.1 Å². The van der Waals surface area contributed by atoms with Gasteiger partial charge >= 0.3 is 0 Å². The van der Waals surface area contributed by atoms with Crippen molar-refractivity contribution in [1.29, 1.82) is 0 Å². The average molecular weight is 356 g/mol. The fraction of sp³-hybridized carbons (Fsp3) is 0.0769. The van der Waals surface area contributed by atoms with Crippen LogP contribution in [0, 0.1) is 6.92 Å². The average Bonchev–Trinajstić information content (AvgIpc) is 2.29. The summed E-state index contributed by atoms with van der Waals surface area (Å²) in [4.78, 5) is 0.0147. The highest BCUT2D eigenvalue weighted by atomic mass is 79.9. The van der Waals surface area contributed by atoms with Gasteiger partial charge in [-0.15, -0.1) is 0 Å². The van der Waals surface area contributed by atoms with Crippen molar-refractivity contribution in [1.82, 2.24) is 0 Å². The first-order chi connectivity index (χ1) is 9.25. The Morgan fingerprint density at radius 2 is 1.85 bits per heavy atom. The number of halogens is 1. The molecular formula is C13H14BrN3O2S. The van der Waals surface area contributed by atoms with Crippen molar-refractivity contribution >= 4 is 43.0 Å². The van der Waals surface area contributed by atoms with Crippen molar-refractivity contribution in [2.75, 3.05) is 11.1 Å². The van der Waals surface area contributed by atoms with E-state index in [1.165, 1.54) is 18.2 Å². The molecular weight excluding hydrogens is 342 g/mol. The van der Waals surface area contributed by atoms with E-state index in [9.17, 15) is 8.42 Å². The summed E-state index contributed by atoms with van der Waals surface area (Å²) in [6.07, 6.45) is 0. The Bertz CT molecular complexity index is 740. The normalized spacial score (nSPS) is 11.3. The lowest BCUT2D eigenvalue weighted by Gasteiger charge is -2.12. The number of nitrogens with two attached hydrogens (primary N) is 2. The van der Waals surface area contributed by atoms with Gasteiger partial charge in [-0.2, -0.15) is 0 Å². The monoisotopic (exact) mass is 355 g/mol. The molecule has 0 atom stereocenters. The molecule has 0 fully saturated rings. The SMILES string of the molecule is Cc1cc(Br)cc(Nc2cc(S(N)(=O)=O)ccc2N)c1. The Hall–Kier alpha value is -1.57. The minimum atomic E-state index is -3.76. The first kappa shape index (κ1) is 14.8. The van der Waals surface area contributed by atoms with Crippen molar-refractivity contribution in [3.63, 3.8) is 0 Å². The van der Waals surface area contributed by atoms with E-state index in [4.69, 9.17) is 10.9 Å². The maximum absolute atomic E-state index is 11.4. The van der Waals surface area contributed by atoms with Crippen molar-refractivity contribution < 1.29 is 8.42 Å². The zero-order valence-corrected chi connectivity index (χ0v) is 13.1. The molecule has 0 radical (unpaired) electrons. The Balaban J connectivity index is 2.42. The first-order valence-corrected chi connectivity index (χ1v) is 8.06. The van der Waals surface area contributed by atoms with Crippen LogP contribution in [0.3, 0.4) is 0 Å². The number of nitrogens with one attached hydrogen (secondary N) is 1. The van der Waals surface area contributed by atoms with Crippen LogP contribution in [-0.2, 0) is 10.0 Å². The highest BCUT2D eigenvalue weighted by Gasteiger charge is 2.10. The summed E-state index contributed by atoms with van der Waals surface area (Å²) in [6, 6.07) is 10.1. The maximum atomic E-state index is 11.4. The van der Waals surface area contributed by atoms with Gasteiger partial charge in [-0.1, -0.05) is 15.9 Å². The summed E-state index contributed by atoms with van der Waals surface area (Å²) in [5.41, 5.74) is 8.64. The number of rotatable bonds is 3. The summed E-state index contributed by atoms with van der Waals surface area (Å²) >= 11 is 3.40. The molecule has 0 aromatic heterocycles. The van der Waals surface area contributed by atoms with Crippen molar-refractivity contribution in [2.45, 2.75) is 11.8 Å². The molecule has 7 heteroatoms. The molecule has 2 aromatic carbocycles. The summed E-state index contributed by atoms with van der Waals surface area (Å²) in [5.74, 6) is 0.